The lowest BCUT2D eigenvalue weighted by Crippen LogP contribution is -2.15. The third kappa shape index (κ3) is 3.36. The van der Waals surface area contributed by atoms with Gasteiger partial charge in [0.1, 0.15) is 6.61 Å². The average molecular weight is 325 g/mol. The number of anilines is 2. The van der Waals surface area contributed by atoms with Crippen molar-refractivity contribution in [3.63, 3.8) is 0 Å². The van der Waals surface area contributed by atoms with Crippen LogP contribution in [0.5, 0.6) is 0 Å². The van der Waals surface area contributed by atoms with Crippen LogP contribution in [0.2, 0.25) is 0 Å². The van der Waals surface area contributed by atoms with E-state index in [1.165, 1.54) is 0 Å². The molecule has 1 amide bonds. The minimum absolute atomic E-state index is 0.439. The van der Waals surface area contributed by atoms with Crippen molar-refractivity contribution >= 4 is 23.1 Å². The summed E-state index contributed by atoms with van der Waals surface area (Å²) in [6, 6.07) is 9.34. The molecule has 24 heavy (non-hydrogen) atoms. The van der Waals surface area contributed by atoms with Crippen LogP contribution in [0.3, 0.4) is 0 Å². The third-order valence-electron chi connectivity index (χ3n) is 3.63. The minimum atomic E-state index is -0.537. The predicted molar refractivity (Wildman–Crippen MR) is 91.9 cm³/mol. The number of carbonyl (C=O) groups is 1. The minimum Gasteiger partial charge on any atom is -0.387 e. The SMILES string of the molecule is Cc1cc(C)n2c(CNc3cccc(NC(=O)CO)c3)cnc2n1. The summed E-state index contributed by atoms with van der Waals surface area (Å²) in [5.41, 5.74) is 4.51. The van der Waals surface area contributed by atoms with Crippen molar-refractivity contribution < 1.29 is 9.90 Å². The van der Waals surface area contributed by atoms with Crippen LogP contribution in [0.4, 0.5) is 11.4 Å². The van der Waals surface area contributed by atoms with Crippen LogP contribution in [0.15, 0.2) is 36.5 Å². The number of nitrogens with one attached hydrogen (secondary N) is 2. The smallest absolute Gasteiger partial charge is 0.250 e. The highest BCUT2D eigenvalue weighted by molar-refractivity contribution is 5.91. The molecule has 0 radical (unpaired) electrons. The van der Waals surface area contributed by atoms with Crippen molar-refractivity contribution in [1.29, 1.82) is 0 Å². The van der Waals surface area contributed by atoms with Crippen LogP contribution in [-0.2, 0) is 11.3 Å². The highest BCUT2D eigenvalue weighted by Gasteiger charge is 2.08. The maximum absolute atomic E-state index is 11.2. The van der Waals surface area contributed by atoms with E-state index in [2.05, 4.69) is 20.6 Å². The number of aryl methyl sites for hydroxylation is 2. The maximum Gasteiger partial charge on any atom is 0.250 e. The summed E-state index contributed by atoms with van der Waals surface area (Å²) in [4.78, 5) is 20.0. The lowest BCUT2D eigenvalue weighted by molar-refractivity contribution is -0.118. The molecular formula is C17H19N5O2. The monoisotopic (exact) mass is 325 g/mol. The maximum atomic E-state index is 11.2. The van der Waals surface area contributed by atoms with Crippen molar-refractivity contribution in [3.05, 3.63) is 53.6 Å². The van der Waals surface area contributed by atoms with Crippen LogP contribution in [0.25, 0.3) is 5.78 Å². The van der Waals surface area contributed by atoms with Crippen molar-refractivity contribution in [2.24, 2.45) is 0 Å². The van der Waals surface area contributed by atoms with Gasteiger partial charge in [-0.05, 0) is 38.1 Å². The van der Waals surface area contributed by atoms with Gasteiger partial charge in [-0.3, -0.25) is 9.20 Å². The molecule has 7 nitrogen and oxygen atoms in total. The van der Waals surface area contributed by atoms with Crippen LogP contribution in [0.1, 0.15) is 17.1 Å². The molecule has 0 aliphatic heterocycles. The van der Waals surface area contributed by atoms with Gasteiger partial charge in [0.25, 0.3) is 0 Å². The number of aromatic nitrogens is 3. The Kier molecular flexibility index (Phi) is 4.43. The lowest BCUT2D eigenvalue weighted by Gasteiger charge is -2.10. The van der Waals surface area contributed by atoms with Gasteiger partial charge in [-0.2, -0.15) is 0 Å². The molecule has 0 unspecified atom stereocenters. The standard InChI is InChI=1S/C17H19N5O2/c1-11-6-12(2)22-15(9-19-17(22)20-11)8-18-13-4-3-5-14(7-13)21-16(24)10-23/h3-7,9,18,23H,8,10H2,1-2H3,(H,21,24). The number of imidazole rings is 1. The van der Waals surface area contributed by atoms with Gasteiger partial charge in [-0.15, -0.1) is 0 Å². The molecule has 3 aromatic rings. The first-order chi connectivity index (χ1) is 11.6. The number of nitrogens with zero attached hydrogens (tertiary/aromatic N) is 3. The second-order valence-corrected chi connectivity index (χ2v) is 5.56. The fraction of sp³-hybridized carbons (Fsp3) is 0.235. The van der Waals surface area contributed by atoms with E-state index < -0.39 is 12.5 Å². The normalized spacial score (nSPS) is 10.8. The number of benzene rings is 1. The van der Waals surface area contributed by atoms with Gasteiger partial charge in [0.15, 0.2) is 0 Å². The van der Waals surface area contributed by atoms with E-state index in [9.17, 15) is 4.79 Å². The van der Waals surface area contributed by atoms with Gasteiger partial charge in [-0.1, -0.05) is 6.07 Å². The predicted octanol–water partition coefficient (Wildman–Crippen LogP) is 1.89. The fourth-order valence-electron chi connectivity index (χ4n) is 2.62. The molecular weight excluding hydrogens is 306 g/mol. The summed E-state index contributed by atoms with van der Waals surface area (Å²) in [7, 11) is 0. The Morgan fingerprint density at radius 1 is 1.25 bits per heavy atom. The molecule has 7 heteroatoms. The summed E-state index contributed by atoms with van der Waals surface area (Å²) in [6.45, 7) is 4.01. The zero-order chi connectivity index (χ0) is 17.1. The fourth-order valence-corrected chi connectivity index (χ4v) is 2.62. The van der Waals surface area contributed by atoms with Gasteiger partial charge in [0.2, 0.25) is 11.7 Å². The second-order valence-electron chi connectivity index (χ2n) is 5.56. The second kappa shape index (κ2) is 6.67. The average Bonchev–Trinajstić information content (AvgIpc) is 2.96. The Labute approximate surface area is 139 Å². The molecule has 3 rings (SSSR count). The van der Waals surface area contributed by atoms with E-state index in [4.69, 9.17) is 5.11 Å². The van der Waals surface area contributed by atoms with E-state index >= 15 is 0 Å². The van der Waals surface area contributed by atoms with Crippen LogP contribution >= 0.6 is 0 Å². The highest BCUT2D eigenvalue weighted by Crippen LogP contribution is 2.17. The summed E-state index contributed by atoms with van der Waals surface area (Å²) >= 11 is 0. The number of hydrogen-bond acceptors (Lipinski definition) is 5. The third-order valence-corrected chi connectivity index (χ3v) is 3.63. The number of carbonyl (C=O) groups excluding carboxylic acids is 1. The van der Waals surface area contributed by atoms with Crippen molar-refractivity contribution in [2.45, 2.75) is 20.4 Å². The summed E-state index contributed by atoms with van der Waals surface area (Å²) < 4.78 is 2.01. The summed E-state index contributed by atoms with van der Waals surface area (Å²) in [5.74, 6) is 0.249. The topological polar surface area (TPSA) is 91.5 Å². The zero-order valence-electron chi connectivity index (χ0n) is 13.6. The molecule has 0 bridgehead atoms. The molecule has 0 saturated heterocycles. The largest absolute Gasteiger partial charge is 0.387 e. The van der Waals surface area contributed by atoms with Crippen molar-refractivity contribution in [2.75, 3.05) is 17.2 Å². The summed E-state index contributed by atoms with van der Waals surface area (Å²) in [5, 5.41) is 14.7. The molecule has 0 fully saturated rings. The van der Waals surface area contributed by atoms with Gasteiger partial charge in [-0.25, -0.2) is 9.97 Å². The lowest BCUT2D eigenvalue weighted by atomic mass is 10.2. The van der Waals surface area contributed by atoms with Crippen molar-refractivity contribution in [3.8, 4) is 0 Å². The van der Waals surface area contributed by atoms with E-state index in [0.717, 1.165) is 22.8 Å². The Hall–Kier alpha value is -2.93. The van der Waals surface area contributed by atoms with E-state index in [-0.39, 0.29) is 0 Å². The van der Waals surface area contributed by atoms with Crippen LogP contribution in [-0.4, -0.2) is 32.0 Å². The molecule has 2 heterocycles. The van der Waals surface area contributed by atoms with Gasteiger partial charge in [0, 0.05) is 22.8 Å². The number of hydrogen-bond donors (Lipinski definition) is 3. The number of amides is 1. The first-order valence-corrected chi connectivity index (χ1v) is 7.62. The summed E-state index contributed by atoms with van der Waals surface area (Å²) in [6.07, 6.45) is 1.80. The Morgan fingerprint density at radius 2 is 2.04 bits per heavy atom. The number of rotatable bonds is 5. The van der Waals surface area contributed by atoms with Crippen molar-refractivity contribution in [1.82, 2.24) is 14.4 Å². The quantitative estimate of drug-likeness (QED) is 0.666. The Morgan fingerprint density at radius 3 is 2.83 bits per heavy atom. The molecule has 124 valence electrons. The molecule has 2 aromatic heterocycles. The molecule has 0 saturated carbocycles. The molecule has 0 aliphatic rings. The Bertz CT molecular complexity index is 888. The zero-order valence-corrected chi connectivity index (χ0v) is 13.6. The molecule has 1 aromatic carbocycles. The van der Waals surface area contributed by atoms with E-state index in [0.29, 0.717) is 18.0 Å². The van der Waals surface area contributed by atoms with Crippen LogP contribution in [0, 0.1) is 13.8 Å². The molecule has 3 N–H and O–H groups in total. The van der Waals surface area contributed by atoms with Crippen LogP contribution < -0.4 is 10.6 Å². The van der Waals surface area contributed by atoms with E-state index in [1.807, 2.05) is 42.5 Å². The number of aliphatic hydroxyl groups is 1. The number of fused-ring (bicyclic) bond motifs is 1. The highest BCUT2D eigenvalue weighted by atomic mass is 16.3. The van der Waals surface area contributed by atoms with Gasteiger partial charge < -0.3 is 15.7 Å². The van der Waals surface area contributed by atoms with Gasteiger partial charge in [0.05, 0.1) is 18.4 Å². The molecule has 0 atom stereocenters. The molecule has 0 aliphatic carbocycles. The first kappa shape index (κ1) is 15.9. The number of aliphatic hydroxyl groups excluding tert-OH is 1. The Balaban J connectivity index is 1.77. The van der Waals surface area contributed by atoms with E-state index in [1.54, 1.807) is 12.3 Å². The first-order valence-electron chi connectivity index (χ1n) is 7.62. The van der Waals surface area contributed by atoms with Gasteiger partial charge >= 0.3 is 0 Å². The molecule has 0 spiro atoms.